The molecule has 10 heteroatoms. The average molecular weight is 403 g/mol. The molecule has 3 rings (SSSR count). The summed E-state index contributed by atoms with van der Waals surface area (Å²) in [5, 5.41) is 0. The number of halogens is 3. The SMILES string of the molecule is O=S(=O)(Nc1ccccc1OCC(F)(F)F)c1ccc2c(c1)OCCCO2. The van der Waals surface area contributed by atoms with Gasteiger partial charge in [0.2, 0.25) is 0 Å². The van der Waals surface area contributed by atoms with Crippen LogP contribution in [-0.4, -0.2) is 34.4 Å². The van der Waals surface area contributed by atoms with Crippen molar-refractivity contribution in [3.63, 3.8) is 0 Å². The van der Waals surface area contributed by atoms with Gasteiger partial charge in [0.05, 0.1) is 23.8 Å². The summed E-state index contributed by atoms with van der Waals surface area (Å²) in [6.45, 7) is -0.685. The number of fused-ring (bicyclic) bond motifs is 1. The largest absolute Gasteiger partial charge is 0.490 e. The van der Waals surface area contributed by atoms with Gasteiger partial charge in [0.25, 0.3) is 10.0 Å². The van der Waals surface area contributed by atoms with Crippen LogP contribution in [0.2, 0.25) is 0 Å². The van der Waals surface area contributed by atoms with E-state index in [-0.39, 0.29) is 22.1 Å². The molecule has 1 N–H and O–H groups in total. The summed E-state index contributed by atoms with van der Waals surface area (Å²) in [7, 11) is -4.08. The molecule has 0 bridgehead atoms. The van der Waals surface area contributed by atoms with Crippen LogP contribution in [0.4, 0.5) is 18.9 Å². The van der Waals surface area contributed by atoms with Gasteiger partial charge in [0, 0.05) is 12.5 Å². The first-order valence-electron chi connectivity index (χ1n) is 7.96. The Morgan fingerprint density at radius 3 is 2.48 bits per heavy atom. The van der Waals surface area contributed by atoms with Crippen molar-refractivity contribution in [3.8, 4) is 17.2 Å². The van der Waals surface area contributed by atoms with Crippen LogP contribution in [0, 0.1) is 0 Å². The van der Waals surface area contributed by atoms with Crippen LogP contribution in [0.3, 0.4) is 0 Å². The minimum absolute atomic E-state index is 0.103. The fourth-order valence-corrected chi connectivity index (χ4v) is 3.44. The molecule has 0 spiro atoms. The van der Waals surface area contributed by atoms with Crippen LogP contribution in [0.5, 0.6) is 17.2 Å². The fraction of sp³-hybridized carbons (Fsp3) is 0.294. The van der Waals surface area contributed by atoms with Gasteiger partial charge in [0.1, 0.15) is 5.75 Å². The zero-order valence-corrected chi connectivity index (χ0v) is 14.8. The van der Waals surface area contributed by atoms with Gasteiger partial charge in [-0.1, -0.05) is 12.1 Å². The zero-order chi connectivity index (χ0) is 19.5. The summed E-state index contributed by atoms with van der Waals surface area (Å²) < 4.78 is 80.3. The molecule has 0 amide bonds. The van der Waals surface area contributed by atoms with Crippen LogP contribution < -0.4 is 18.9 Å². The molecule has 0 saturated carbocycles. The quantitative estimate of drug-likeness (QED) is 0.826. The van der Waals surface area contributed by atoms with Crippen LogP contribution in [0.25, 0.3) is 0 Å². The molecule has 146 valence electrons. The third kappa shape index (κ3) is 4.97. The Hall–Kier alpha value is -2.62. The van der Waals surface area contributed by atoms with Crippen LogP contribution >= 0.6 is 0 Å². The molecule has 27 heavy (non-hydrogen) atoms. The third-order valence-electron chi connectivity index (χ3n) is 3.55. The molecule has 1 aliphatic rings. The van der Waals surface area contributed by atoms with E-state index in [4.69, 9.17) is 14.2 Å². The summed E-state index contributed by atoms with van der Waals surface area (Å²) in [5.41, 5.74) is -0.103. The first-order chi connectivity index (χ1) is 12.7. The van der Waals surface area contributed by atoms with E-state index in [2.05, 4.69) is 4.72 Å². The van der Waals surface area contributed by atoms with Crippen LogP contribution in [-0.2, 0) is 10.0 Å². The second kappa shape index (κ2) is 7.55. The van der Waals surface area contributed by atoms with E-state index < -0.39 is 22.8 Å². The van der Waals surface area contributed by atoms with Gasteiger partial charge in [0.15, 0.2) is 18.1 Å². The number of hydrogen-bond donors (Lipinski definition) is 1. The highest BCUT2D eigenvalue weighted by Crippen LogP contribution is 2.33. The molecular formula is C17H16F3NO5S. The molecule has 6 nitrogen and oxygen atoms in total. The number of benzene rings is 2. The standard InChI is InChI=1S/C17H16F3NO5S/c18-17(19,20)11-26-14-5-2-1-4-13(14)21-27(22,23)12-6-7-15-16(10-12)25-9-3-8-24-15/h1-2,4-7,10,21H,3,8-9,11H2. The molecule has 0 atom stereocenters. The van der Waals surface area contributed by atoms with Gasteiger partial charge in [-0.15, -0.1) is 0 Å². The summed E-state index contributed by atoms with van der Waals surface area (Å²) in [6.07, 6.45) is -3.88. The topological polar surface area (TPSA) is 73.9 Å². The van der Waals surface area contributed by atoms with Crippen molar-refractivity contribution in [3.05, 3.63) is 42.5 Å². The second-order valence-electron chi connectivity index (χ2n) is 5.66. The lowest BCUT2D eigenvalue weighted by molar-refractivity contribution is -0.153. The lowest BCUT2D eigenvalue weighted by Crippen LogP contribution is -2.20. The first kappa shape index (κ1) is 19.2. The van der Waals surface area contributed by atoms with Crippen molar-refractivity contribution in [2.75, 3.05) is 24.5 Å². The molecular weight excluding hydrogens is 387 g/mol. The van der Waals surface area contributed by atoms with Crippen LogP contribution in [0.1, 0.15) is 6.42 Å². The molecule has 0 saturated heterocycles. The Morgan fingerprint density at radius 1 is 1.04 bits per heavy atom. The van der Waals surface area contributed by atoms with Gasteiger partial charge >= 0.3 is 6.18 Å². The monoisotopic (exact) mass is 403 g/mol. The number of anilines is 1. The summed E-state index contributed by atoms with van der Waals surface area (Å²) in [5.74, 6) is 0.491. The van der Waals surface area contributed by atoms with Crippen molar-refractivity contribution in [1.29, 1.82) is 0 Å². The summed E-state index contributed by atoms with van der Waals surface area (Å²) in [6, 6.07) is 9.59. The number of ether oxygens (including phenoxy) is 3. The maximum absolute atomic E-state index is 12.6. The Kier molecular flexibility index (Phi) is 5.36. The first-order valence-corrected chi connectivity index (χ1v) is 9.44. The number of para-hydroxylation sites is 2. The van der Waals surface area contributed by atoms with Crippen molar-refractivity contribution in [1.82, 2.24) is 0 Å². The van der Waals surface area contributed by atoms with Crippen molar-refractivity contribution in [2.45, 2.75) is 17.5 Å². The number of rotatable bonds is 5. The van der Waals surface area contributed by atoms with Gasteiger partial charge in [-0.2, -0.15) is 13.2 Å². The van der Waals surface area contributed by atoms with E-state index in [0.29, 0.717) is 25.4 Å². The molecule has 1 heterocycles. The minimum Gasteiger partial charge on any atom is -0.490 e. The van der Waals surface area contributed by atoms with Gasteiger partial charge in [-0.3, -0.25) is 4.72 Å². The van der Waals surface area contributed by atoms with Gasteiger partial charge in [-0.05, 0) is 24.3 Å². The highest BCUT2D eigenvalue weighted by atomic mass is 32.2. The maximum Gasteiger partial charge on any atom is 0.422 e. The Bertz CT molecular complexity index is 915. The minimum atomic E-state index is -4.54. The van der Waals surface area contributed by atoms with E-state index in [1.165, 1.54) is 42.5 Å². The predicted octanol–water partition coefficient (Wildman–Crippen LogP) is 3.59. The number of hydrogen-bond acceptors (Lipinski definition) is 5. The van der Waals surface area contributed by atoms with Gasteiger partial charge < -0.3 is 14.2 Å². The normalized spacial score (nSPS) is 14.3. The third-order valence-corrected chi connectivity index (χ3v) is 4.92. The smallest absolute Gasteiger partial charge is 0.422 e. The van der Waals surface area contributed by atoms with Gasteiger partial charge in [-0.25, -0.2) is 8.42 Å². The second-order valence-corrected chi connectivity index (χ2v) is 7.35. The Morgan fingerprint density at radius 2 is 1.74 bits per heavy atom. The van der Waals surface area contributed by atoms with E-state index in [1.807, 2.05) is 0 Å². The highest BCUT2D eigenvalue weighted by Gasteiger charge is 2.29. The van der Waals surface area contributed by atoms with Crippen molar-refractivity contribution < 1.29 is 35.8 Å². The average Bonchev–Trinajstić information content (AvgIpc) is 2.84. The molecule has 0 aromatic heterocycles. The van der Waals surface area contributed by atoms with Crippen molar-refractivity contribution >= 4 is 15.7 Å². The Balaban J connectivity index is 1.84. The molecule has 0 unspecified atom stereocenters. The number of sulfonamides is 1. The molecule has 0 fully saturated rings. The van der Waals surface area contributed by atoms with E-state index in [0.717, 1.165) is 0 Å². The van der Waals surface area contributed by atoms with Crippen molar-refractivity contribution in [2.24, 2.45) is 0 Å². The van der Waals surface area contributed by atoms with Crippen LogP contribution in [0.15, 0.2) is 47.4 Å². The highest BCUT2D eigenvalue weighted by molar-refractivity contribution is 7.92. The van der Waals surface area contributed by atoms with E-state index >= 15 is 0 Å². The summed E-state index contributed by atoms with van der Waals surface area (Å²) in [4.78, 5) is -0.114. The molecule has 1 aliphatic heterocycles. The van der Waals surface area contributed by atoms with E-state index in [1.54, 1.807) is 0 Å². The fourth-order valence-electron chi connectivity index (χ4n) is 2.35. The zero-order valence-electron chi connectivity index (χ0n) is 14.0. The predicted molar refractivity (Wildman–Crippen MR) is 90.8 cm³/mol. The maximum atomic E-state index is 12.6. The number of alkyl halides is 3. The lowest BCUT2D eigenvalue weighted by atomic mass is 10.3. The molecule has 2 aromatic rings. The molecule has 0 aliphatic carbocycles. The summed E-state index contributed by atoms with van der Waals surface area (Å²) >= 11 is 0. The Labute approximate surface area is 153 Å². The molecule has 0 radical (unpaired) electrons. The lowest BCUT2D eigenvalue weighted by Gasteiger charge is -2.15. The van der Waals surface area contributed by atoms with E-state index in [9.17, 15) is 21.6 Å². The number of nitrogens with one attached hydrogen (secondary N) is 1. The molecule has 2 aromatic carbocycles.